The summed E-state index contributed by atoms with van der Waals surface area (Å²) in [6, 6.07) is 10.9. The van der Waals surface area contributed by atoms with E-state index in [1.807, 2.05) is 6.07 Å². The van der Waals surface area contributed by atoms with Gasteiger partial charge in [0.15, 0.2) is 0 Å². The molecule has 1 aromatic carbocycles. The minimum absolute atomic E-state index is 0.0774. The third kappa shape index (κ3) is 3.39. The van der Waals surface area contributed by atoms with E-state index in [2.05, 4.69) is 4.99 Å². The zero-order chi connectivity index (χ0) is 20.3. The molecule has 0 saturated heterocycles. The summed E-state index contributed by atoms with van der Waals surface area (Å²) >= 11 is 0. The number of nitrogens with zero attached hydrogens (tertiary/aromatic N) is 4. The molecule has 3 rings (SSSR count). The van der Waals surface area contributed by atoms with Gasteiger partial charge in [0.05, 0.1) is 23.3 Å². The van der Waals surface area contributed by atoms with Gasteiger partial charge in [-0.25, -0.2) is 4.99 Å². The summed E-state index contributed by atoms with van der Waals surface area (Å²) in [5.74, 6) is -0.00744. The minimum atomic E-state index is -0.670. The van der Waals surface area contributed by atoms with Crippen LogP contribution in [0.25, 0.3) is 0 Å². The average Bonchev–Trinajstić information content (AvgIpc) is 3.19. The number of nitro groups is 1. The first-order valence-electron chi connectivity index (χ1n) is 8.10. The molecule has 0 bridgehead atoms. The van der Waals surface area contributed by atoms with Gasteiger partial charge in [0.1, 0.15) is 23.1 Å². The lowest BCUT2D eigenvalue weighted by Gasteiger charge is -2.13. The van der Waals surface area contributed by atoms with Crippen molar-refractivity contribution in [1.29, 1.82) is 5.26 Å². The summed E-state index contributed by atoms with van der Waals surface area (Å²) in [4.78, 5) is 27.2. The van der Waals surface area contributed by atoms with Crippen LogP contribution >= 0.6 is 0 Å². The second-order valence-electron chi connectivity index (χ2n) is 5.82. The van der Waals surface area contributed by atoms with E-state index in [4.69, 9.17) is 4.42 Å². The van der Waals surface area contributed by atoms with Crippen molar-refractivity contribution in [3.05, 3.63) is 85.6 Å². The van der Waals surface area contributed by atoms with E-state index in [0.717, 1.165) is 4.57 Å². The zero-order valence-electron chi connectivity index (χ0n) is 14.7. The number of hydrogen-bond acceptors (Lipinski definition) is 7. The lowest BCUT2D eigenvalue weighted by atomic mass is 10.1. The number of para-hydroxylation sites is 2. The van der Waals surface area contributed by atoms with Gasteiger partial charge in [-0.3, -0.25) is 19.5 Å². The lowest BCUT2D eigenvalue weighted by molar-refractivity contribution is -0.384. The summed E-state index contributed by atoms with van der Waals surface area (Å²) in [6.45, 7) is 1.41. The molecule has 140 valence electrons. The maximum absolute atomic E-state index is 12.5. The van der Waals surface area contributed by atoms with Crippen molar-refractivity contribution < 1.29 is 14.4 Å². The van der Waals surface area contributed by atoms with Crippen LogP contribution in [0.4, 0.5) is 11.4 Å². The summed E-state index contributed by atoms with van der Waals surface area (Å²) in [5.41, 5.74) is -0.622. The molecule has 1 N–H and O–H groups in total. The molecule has 28 heavy (non-hydrogen) atoms. The van der Waals surface area contributed by atoms with Crippen LogP contribution in [0.2, 0.25) is 0 Å². The summed E-state index contributed by atoms with van der Waals surface area (Å²) in [6.07, 6.45) is 2.62. The van der Waals surface area contributed by atoms with Gasteiger partial charge in [-0.1, -0.05) is 12.1 Å². The van der Waals surface area contributed by atoms with E-state index < -0.39 is 16.4 Å². The third-order valence-corrected chi connectivity index (χ3v) is 4.15. The largest absolute Gasteiger partial charge is 0.494 e. The molecule has 2 heterocycles. The van der Waals surface area contributed by atoms with Gasteiger partial charge in [0, 0.05) is 12.3 Å². The van der Waals surface area contributed by atoms with E-state index in [0.29, 0.717) is 5.76 Å². The number of aliphatic imine (C=N–C) groups is 1. The van der Waals surface area contributed by atoms with Crippen molar-refractivity contribution in [3.8, 4) is 11.9 Å². The van der Waals surface area contributed by atoms with E-state index >= 15 is 0 Å². The van der Waals surface area contributed by atoms with Crippen molar-refractivity contribution in [1.82, 2.24) is 4.57 Å². The van der Waals surface area contributed by atoms with Gasteiger partial charge in [-0.2, -0.15) is 5.26 Å². The Morgan fingerprint density at radius 3 is 2.75 bits per heavy atom. The normalized spacial score (nSPS) is 10.9. The van der Waals surface area contributed by atoms with Crippen LogP contribution in [0.1, 0.15) is 22.5 Å². The first-order valence-corrected chi connectivity index (χ1v) is 8.10. The van der Waals surface area contributed by atoms with Crippen molar-refractivity contribution in [2.45, 2.75) is 13.5 Å². The number of benzene rings is 1. The monoisotopic (exact) mass is 378 g/mol. The molecule has 0 aliphatic carbocycles. The van der Waals surface area contributed by atoms with Crippen LogP contribution in [0.15, 0.2) is 56.9 Å². The molecule has 9 nitrogen and oxygen atoms in total. The Morgan fingerprint density at radius 2 is 2.11 bits per heavy atom. The molecule has 0 amide bonds. The van der Waals surface area contributed by atoms with E-state index in [9.17, 15) is 25.3 Å². The molecule has 0 unspecified atom stereocenters. The quantitative estimate of drug-likeness (QED) is 0.412. The minimum Gasteiger partial charge on any atom is -0.494 e. The smallest absolute Gasteiger partial charge is 0.294 e. The van der Waals surface area contributed by atoms with Crippen molar-refractivity contribution in [3.63, 3.8) is 0 Å². The Morgan fingerprint density at radius 1 is 1.36 bits per heavy atom. The van der Waals surface area contributed by atoms with Gasteiger partial charge in [0.2, 0.25) is 5.88 Å². The van der Waals surface area contributed by atoms with E-state index in [1.165, 1.54) is 37.6 Å². The summed E-state index contributed by atoms with van der Waals surface area (Å²) < 4.78 is 6.19. The predicted molar refractivity (Wildman–Crippen MR) is 100.0 cm³/mol. The van der Waals surface area contributed by atoms with Crippen LogP contribution in [-0.4, -0.2) is 20.8 Å². The maximum Gasteiger partial charge on any atom is 0.294 e. The molecule has 3 aromatic rings. The Bertz CT molecular complexity index is 1170. The number of furan rings is 1. The molecule has 0 aliphatic rings. The molecule has 0 saturated carbocycles. The zero-order valence-corrected chi connectivity index (χ0v) is 14.7. The number of pyridine rings is 1. The number of aromatic hydroxyl groups is 1. The van der Waals surface area contributed by atoms with Crippen molar-refractivity contribution >= 4 is 17.6 Å². The highest BCUT2D eigenvalue weighted by Gasteiger charge is 2.19. The van der Waals surface area contributed by atoms with E-state index in [1.54, 1.807) is 18.2 Å². The standard InChI is InChI=1S/C19H14N4O5/c1-12-14(9-20)18(24)22(11-13-5-4-8-28-13)19(25)15(12)10-21-16-6-2-3-7-17(16)23(26)27/h2-8,10,25H,11H2,1H3. The molecule has 2 aromatic heterocycles. The van der Waals surface area contributed by atoms with Crippen LogP contribution in [0.3, 0.4) is 0 Å². The SMILES string of the molecule is Cc1c(C=Nc2ccccc2[N+](=O)[O-])c(O)n(Cc2ccco2)c(=O)c1C#N. The first-order chi connectivity index (χ1) is 13.4. The number of nitriles is 1. The topological polar surface area (TPSA) is 135 Å². The highest BCUT2D eigenvalue weighted by atomic mass is 16.6. The number of hydrogen-bond donors (Lipinski definition) is 1. The van der Waals surface area contributed by atoms with Gasteiger partial charge in [-0.15, -0.1) is 0 Å². The third-order valence-electron chi connectivity index (χ3n) is 4.15. The molecule has 0 spiro atoms. The van der Waals surface area contributed by atoms with Gasteiger partial charge < -0.3 is 9.52 Å². The molecule has 0 atom stereocenters. The Hall–Kier alpha value is -4.19. The number of nitro benzene ring substituents is 1. The first kappa shape index (κ1) is 18.6. The molecule has 9 heteroatoms. The fraction of sp³-hybridized carbons (Fsp3) is 0.105. The highest BCUT2D eigenvalue weighted by molar-refractivity contribution is 5.88. The lowest BCUT2D eigenvalue weighted by Crippen LogP contribution is -2.25. The predicted octanol–water partition coefficient (Wildman–Crippen LogP) is 3.03. The van der Waals surface area contributed by atoms with E-state index in [-0.39, 0.29) is 34.6 Å². The van der Waals surface area contributed by atoms with Crippen molar-refractivity contribution in [2.24, 2.45) is 4.99 Å². The Kier molecular flexibility index (Phi) is 5.04. The maximum atomic E-state index is 12.5. The Balaban J connectivity index is 2.15. The highest BCUT2D eigenvalue weighted by Crippen LogP contribution is 2.27. The van der Waals surface area contributed by atoms with Gasteiger partial charge in [0.25, 0.3) is 11.2 Å². The second kappa shape index (κ2) is 7.59. The second-order valence-corrected chi connectivity index (χ2v) is 5.82. The molecular formula is C19H14N4O5. The molecule has 0 fully saturated rings. The fourth-order valence-electron chi connectivity index (χ4n) is 2.69. The van der Waals surface area contributed by atoms with Crippen molar-refractivity contribution in [2.75, 3.05) is 0 Å². The van der Waals surface area contributed by atoms with Crippen LogP contribution < -0.4 is 5.56 Å². The van der Waals surface area contributed by atoms with Gasteiger partial charge in [-0.05, 0) is 30.7 Å². The average molecular weight is 378 g/mol. The van der Waals surface area contributed by atoms with Crippen LogP contribution in [0.5, 0.6) is 5.88 Å². The Labute approximate surface area is 158 Å². The van der Waals surface area contributed by atoms with Crippen LogP contribution in [-0.2, 0) is 6.54 Å². The number of rotatable bonds is 5. The van der Waals surface area contributed by atoms with Crippen LogP contribution in [0, 0.1) is 28.4 Å². The fourth-order valence-corrected chi connectivity index (χ4v) is 2.69. The molecular weight excluding hydrogens is 364 g/mol. The van der Waals surface area contributed by atoms with Gasteiger partial charge >= 0.3 is 0 Å². The summed E-state index contributed by atoms with van der Waals surface area (Å²) in [5, 5.41) is 31.1. The summed E-state index contributed by atoms with van der Waals surface area (Å²) in [7, 11) is 0. The molecule has 0 radical (unpaired) electrons. The molecule has 0 aliphatic heterocycles. The number of aromatic nitrogens is 1.